The summed E-state index contributed by atoms with van der Waals surface area (Å²) in [6.07, 6.45) is 0.556. The number of hydrogen-bond donors (Lipinski definition) is 1. The number of carbonyl (C=O) groups excluding carboxylic acids is 1. The fourth-order valence-corrected chi connectivity index (χ4v) is 1.27. The summed E-state index contributed by atoms with van der Waals surface area (Å²) in [5.74, 6) is -0.184. The van der Waals surface area contributed by atoms with Gasteiger partial charge in [0.1, 0.15) is 5.75 Å². The minimum atomic E-state index is -0.184. The third kappa shape index (κ3) is 2.20. The second-order valence-electron chi connectivity index (χ2n) is 2.57. The Morgan fingerprint density at radius 1 is 1.62 bits per heavy atom. The molecule has 0 saturated carbocycles. The van der Waals surface area contributed by atoms with Crippen LogP contribution in [0.2, 0.25) is 5.02 Å². The number of hydrogen-bond acceptors (Lipinski definition) is 3. The molecule has 0 saturated heterocycles. The number of aromatic hydroxyl groups is 1. The normalized spacial score (nSPS) is 10.0. The molecule has 0 spiro atoms. The van der Waals surface area contributed by atoms with Crippen LogP contribution in [-0.4, -0.2) is 18.5 Å². The van der Waals surface area contributed by atoms with Crippen molar-refractivity contribution in [2.45, 2.75) is 6.61 Å². The average molecular weight is 201 g/mol. The Morgan fingerprint density at radius 3 is 2.85 bits per heavy atom. The first-order valence-electron chi connectivity index (χ1n) is 3.64. The number of aldehydes is 1. The molecule has 0 fully saturated rings. The Kier molecular flexibility index (Phi) is 3.28. The molecule has 0 heterocycles. The monoisotopic (exact) mass is 200 g/mol. The zero-order valence-electron chi connectivity index (χ0n) is 7.08. The Hall–Kier alpha value is -1.06. The maximum Gasteiger partial charge on any atom is 0.153 e. The summed E-state index contributed by atoms with van der Waals surface area (Å²) in [4.78, 5) is 10.5. The summed E-state index contributed by atoms with van der Waals surface area (Å²) in [5, 5.41) is 9.45. The SMILES string of the molecule is COCc1cc(Cl)c(O)c(C=O)c1. The van der Waals surface area contributed by atoms with Crippen molar-refractivity contribution in [2.24, 2.45) is 0 Å². The van der Waals surface area contributed by atoms with Crippen LogP contribution in [0.1, 0.15) is 15.9 Å². The molecule has 3 nitrogen and oxygen atoms in total. The smallest absolute Gasteiger partial charge is 0.153 e. The summed E-state index contributed by atoms with van der Waals surface area (Å²) in [6.45, 7) is 0.362. The van der Waals surface area contributed by atoms with E-state index in [1.54, 1.807) is 13.2 Å². The van der Waals surface area contributed by atoms with Gasteiger partial charge < -0.3 is 9.84 Å². The molecule has 0 unspecified atom stereocenters. The summed E-state index contributed by atoms with van der Waals surface area (Å²) in [6, 6.07) is 3.10. The standard InChI is InChI=1S/C9H9ClO3/c1-13-5-6-2-7(4-11)9(12)8(10)3-6/h2-4,12H,5H2,1H3. The highest BCUT2D eigenvalue weighted by molar-refractivity contribution is 6.32. The predicted octanol–water partition coefficient (Wildman–Crippen LogP) is 2.00. The maximum absolute atomic E-state index is 10.5. The second-order valence-corrected chi connectivity index (χ2v) is 2.97. The Balaban J connectivity index is 3.14. The lowest BCUT2D eigenvalue weighted by Crippen LogP contribution is -1.91. The van der Waals surface area contributed by atoms with Gasteiger partial charge in [-0.1, -0.05) is 11.6 Å². The van der Waals surface area contributed by atoms with E-state index in [4.69, 9.17) is 16.3 Å². The van der Waals surface area contributed by atoms with E-state index in [1.165, 1.54) is 6.07 Å². The molecular formula is C9H9ClO3. The molecular weight excluding hydrogens is 192 g/mol. The highest BCUT2D eigenvalue weighted by atomic mass is 35.5. The van der Waals surface area contributed by atoms with Crippen LogP contribution < -0.4 is 0 Å². The van der Waals surface area contributed by atoms with Gasteiger partial charge in [0, 0.05) is 7.11 Å². The van der Waals surface area contributed by atoms with Crippen LogP contribution in [0, 0.1) is 0 Å². The number of ether oxygens (including phenoxy) is 1. The van der Waals surface area contributed by atoms with Gasteiger partial charge in [0.2, 0.25) is 0 Å². The lowest BCUT2D eigenvalue weighted by Gasteiger charge is -2.04. The van der Waals surface area contributed by atoms with E-state index in [0.717, 1.165) is 5.56 Å². The molecule has 1 aromatic carbocycles. The molecule has 1 N–H and O–H groups in total. The first-order valence-corrected chi connectivity index (χ1v) is 4.02. The molecule has 1 rings (SSSR count). The van der Waals surface area contributed by atoms with E-state index in [-0.39, 0.29) is 16.3 Å². The van der Waals surface area contributed by atoms with E-state index in [9.17, 15) is 9.90 Å². The molecule has 0 bridgehead atoms. The van der Waals surface area contributed by atoms with Crippen LogP contribution in [-0.2, 0) is 11.3 Å². The fraction of sp³-hybridized carbons (Fsp3) is 0.222. The first kappa shape index (κ1) is 10.0. The minimum absolute atomic E-state index is 0.164. The predicted molar refractivity (Wildman–Crippen MR) is 49.2 cm³/mol. The Morgan fingerprint density at radius 2 is 2.31 bits per heavy atom. The molecule has 0 aromatic heterocycles. The van der Waals surface area contributed by atoms with Crippen LogP contribution in [0.4, 0.5) is 0 Å². The van der Waals surface area contributed by atoms with Gasteiger partial charge in [-0.05, 0) is 17.7 Å². The fourth-order valence-electron chi connectivity index (χ4n) is 1.02. The number of phenolic OH excluding ortho intramolecular Hbond substituents is 1. The molecule has 4 heteroatoms. The molecule has 0 aliphatic rings. The number of halogens is 1. The minimum Gasteiger partial charge on any atom is -0.506 e. The Labute approximate surface area is 80.9 Å². The number of rotatable bonds is 3. The van der Waals surface area contributed by atoms with Crippen molar-refractivity contribution >= 4 is 17.9 Å². The molecule has 13 heavy (non-hydrogen) atoms. The number of phenols is 1. The lowest BCUT2D eigenvalue weighted by molar-refractivity contribution is 0.112. The van der Waals surface area contributed by atoms with E-state index in [2.05, 4.69) is 0 Å². The zero-order valence-corrected chi connectivity index (χ0v) is 7.84. The lowest BCUT2D eigenvalue weighted by atomic mass is 10.1. The highest BCUT2D eigenvalue weighted by Crippen LogP contribution is 2.28. The van der Waals surface area contributed by atoms with Gasteiger partial charge in [-0.25, -0.2) is 0 Å². The molecule has 1 aromatic rings. The zero-order chi connectivity index (χ0) is 9.84. The van der Waals surface area contributed by atoms with Crippen molar-refractivity contribution in [1.29, 1.82) is 0 Å². The molecule has 70 valence electrons. The molecule has 0 atom stereocenters. The van der Waals surface area contributed by atoms with Crippen LogP contribution in [0.15, 0.2) is 12.1 Å². The van der Waals surface area contributed by atoms with Gasteiger partial charge in [0.15, 0.2) is 6.29 Å². The number of methoxy groups -OCH3 is 1. The van der Waals surface area contributed by atoms with Crippen molar-refractivity contribution in [3.05, 3.63) is 28.3 Å². The van der Waals surface area contributed by atoms with Crippen LogP contribution in [0.25, 0.3) is 0 Å². The van der Waals surface area contributed by atoms with Crippen molar-refractivity contribution in [1.82, 2.24) is 0 Å². The third-order valence-corrected chi connectivity index (χ3v) is 1.88. The van der Waals surface area contributed by atoms with Gasteiger partial charge in [0.25, 0.3) is 0 Å². The molecule has 0 radical (unpaired) electrons. The Bertz CT molecular complexity index is 323. The summed E-state index contributed by atoms with van der Waals surface area (Å²) >= 11 is 5.67. The largest absolute Gasteiger partial charge is 0.506 e. The molecule has 0 aliphatic heterocycles. The van der Waals surface area contributed by atoms with Crippen molar-refractivity contribution < 1.29 is 14.6 Å². The second kappa shape index (κ2) is 4.25. The highest BCUT2D eigenvalue weighted by Gasteiger charge is 2.07. The van der Waals surface area contributed by atoms with Crippen LogP contribution in [0.3, 0.4) is 0 Å². The van der Waals surface area contributed by atoms with Crippen LogP contribution in [0.5, 0.6) is 5.75 Å². The van der Waals surface area contributed by atoms with E-state index in [0.29, 0.717) is 12.9 Å². The molecule has 0 aliphatic carbocycles. The van der Waals surface area contributed by atoms with Gasteiger partial charge in [-0.15, -0.1) is 0 Å². The topological polar surface area (TPSA) is 46.5 Å². The van der Waals surface area contributed by atoms with Gasteiger partial charge in [-0.3, -0.25) is 4.79 Å². The van der Waals surface area contributed by atoms with Gasteiger partial charge in [0.05, 0.1) is 17.2 Å². The number of carbonyl (C=O) groups is 1. The van der Waals surface area contributed by atoms with Gasteiger partial charge in [-0.2, -0.15) is 0 Å². The quantitative estimate of drug-likeness (QED) is 0.760. The van der Waals surface area contributed by atoms with Crippen LogP contribution >= 0.6 is 11.6 Å². The third-order valence-electron chi connectivity index (χ3n) is 1.59. The van der Waals surface area contributed by atoms with Crippen molar-refractivity contribution in [3.63, 3.8) is 0 Å². The first-order chi connectivity index (χ1) is 6.19. The van der Waals surface area contributed by atoms with Gasteiger partial charge >= 0.3 is 0 Å². The van der Waals surface area contributed by atoms with E-state index < -0.39 is 0 Å². The van der Waals surface area contributed by atoms with Crippen molar-refractivity contribution in [3.8, 4) is 5.75 Å². The summed E-state index contributed by atoms with van der Waals surface area (Å²) < 4.78 is 4.87. The van der Waals surface area contributed by atoms with Crippen molar-refractivity contribution in [2.75, 3.05) is 7.11 Å². The summed E-state index contributed by atoms with van der Waals surface area (Å²) in [5.41, 5.74) is 0.937. The molecule has 0 amide bonds. The number of benzene rings is 1. The van der Waals surface area contributed by atoms with E-state index in [1.807, 2.05) is 0 Å². The van der Waals surface area contributed by atoms with E-state index >= 15 is 0 Å². The average Bonchev–Trinajstić information content (AvgIpc) is 2.11. The summed E-state index contributed by atoms with van der Waals surface area (Å²) in [7, 11) is 1.54. The maximum atomic E-state index is 10.5.